The Labute approximate surface area is 221 Å². The van der Waals surface area contributed by atoms with Crippen molar-refractivity contribution in [2.24, 2.45) is 7.05 Å². The van der Waals surface area contributed by atoms with Gasteiger partial charge in [-0.25, -0.2) is 14.4 Å². The molecule has 0 spiro atoms. The fourth-order valence-electron chi connectivity index (χ4n) is 4.50. The van der Waals surface area contributed by atoms with Crippen LogP contribution in [-0.4, -0.2) is 37.6 Å². The normalized spacial score (nSPS) is 11.1. The van der Waals surface area contributed by atoms with Crippen LogP contribution in [0.15, 0.2) is 79.1 Å². The molecule has 7 nitrogen and oxygen atoms in total. The zero-order valence-electron chi connectivity index (χ0n) is 21.6. The van der Waals surface area contributed by atoms with Crippen molar-refractivity contribution < 1.29 is 9.18 Å². The van der Waals surface area contributed by atoms with Gasteiger partial charge in [-0.15, -0.1) is 0 Å². The Kier molecular flexibility index (Phi) is 7.13. The Morgan fingerprint density at radius 2 is 1.76 bits per heavy atom. The predicted molar refractivity (Wildman–Crippen MR) is 147 cm³/mol. The number of benzene rings is 3. The Morgan fingerprint density at radius 3 is 2.53 bits per heavy atom. The van der Waals surface area contributed by atoms with E-state index in [2.05, 4.69) is 32.5 Å². The lowest BCUT2D eigenvalue weighted by Crippen LogP contribution is -2.28. The number of hydrogen-bond donors (Lipinski definition) is 1. The van der Waals surface area contributed by atoms with Crippen LogP contribution < -0.4 is 5.32 Å². The lowest BCUT2D eigenvalue weighted by Gasteiger charge is -2.18. The van der Waals surface area contributed by atoms with E-state index in [9.17, 15) is 9.18 Å². The van der Waals surface area contributed by atoms with Crippen molar-refractivity contribution in [1.29, 1.82) is 0 Å². The largest absolute Gasteiger partial charge is 0.365 e. The molecule has 0 bridgehead atoms. The highest BCUT2D eigenvalue weighted by Crippen LogP contribution is 2.29. The number of aryl methyl sites for hydroxylation is 2. The summed E-state index contributed by atoms with van der Waals surface area (Å²) >= 11 is 0. The van der Waals surface area contributed by atoms with E-state index in [1.807, 2.05) is 56.4 Å². The predicted octanol–water partition coefficient (Wildman–Crippen LogP) is 5.29. The van der Waals surface area contributed by atoms with Gasteiger partial charge in [0.1, 0.15) is 18.0 Å². The number of carbonyl (C=O) groups is 1. The molecule has 38 heavy (non-hydrogen) atoms. The molecule has 0 atom stereocenters. The molecule has 0 radical (unpaired) electrons. The Balaban J connectivity index is 1.37. The molecule has 8 heteroatoms. The lowest BCUT2D eigenvalue weighted by molar-refractivity contribution is -0.129. The van der Waals surface area contributed by atoms with Gasteiger partial charge >= 0.3 is 0 Å². The first-order valence-corrected chi connectivity index (χ1v) is 12.4. The number of halogens is 1. The van der Waals surface area contributed by atoms with Crippen LogP contribution in [-0.2, 0) is 31.4 Å². The van der Waals surface area contributed by atoms with E-state index in [-0.39, 0.29) is 24.7 Å². The van der Waals surface area contributed by atoms with E-state index in [1.165, 1.54) is 6.07 Å². The van der Waals surface area contributed by atoms with Gasteiger partial charge in [0, 0.05) is 43.8 Å². The van der Waals surface area contributed by atoms with Crippen LogP contribution in [0.1, 0.15) is 22.5 Å². The van der Waals surface area contributed by atoms with E-state index in [0.29, 0.717) is 12.1 Å². The van der Waals surface area contributed by atoms with Crippen molar-refractivity contribution in [3.05, 3.63) is 107 Å². The maximum absolute atomic E-state index is 14.8. The zero-order chi connectivity index (χ0) is 26.6. The van der Waals surface area contributed by atoms with Gasteiger partial charge in [0.15, 0.2) is 0 Å². The molecule has 0 aliphatic heterocycles. The molecule has 1 N–H and O–H groups in total. The fraction of sp³-hybridized carbons (Fsp3) is 0.200. The summed E-state index contributed by atoms with van der Waals surface area (Å²) in [6, 6.07) is 22.9. The quantitative estimate of drug-likeness (QED) is 0.308. The van der Waals surface area contributed by atoms with Crippen LogP contribution in [0.25, 0.3) is 22.0 Å². The summed E-state index contributed by atoms with van der Waals surface area (Å²) in [5.74, 6) is 0.285. The van der Waals surface area contributed by atoms with Crippen molar-refractivity contribution in [3.63, 3.8) is 0 Å². The number of nitrogens with one attached hydrogen (secondary N) is 1. The van der Waals surface area contributed by atoms with Crippen molar-refractivity contribution in [1.82, 2.24) is 24.6 Å². The maximum Gasteiger partial charge on any atom is 0.228 e. The van der Waals surface area contributed by atoms with Gasteiger partial charge in [-0.3, -0.25) is 9.48 Å². The molecule has 0 aliphatic carbocycles. The van der Waals surface area contributed by atoms with E-state index < -0.39 is 0 Å². The molecule has 5 rings (SSSR count). The average molecular weight is 509 g/mol. The summed E-state index contributed by atoms with van der Waals surface area (Å²) < 4.78 is 16.5. The number of amides is 1. The van der Waals surface area contributed by atoms with Crippen molar-refractivity contribution in [2.45, 2.75) is 26.4 Å². The third-order valence-corrected chi connectivity index (χ3v) is 6.58. The Morgan fingerprint density at radius 1 is 1.00 bits per heavy atom. The van der Waals surface area contributed by atoms with Gasteiger partial charge in [-0.2, -0.15) is 5.10 Å². The van der Waals surface area contributed by atoms with Gasteiger partial charge in [0.2, 0.25) is 5.91 Å². The Bertz CT molecular complexity index is 1600. The first-order valence-electron chi connectivity index (χ1n) is 12.4. The van der Waals surface area contributed by atoms with E-state index in [1.54, 1.807) is 35.1 Å². The third-order valence-electron chi connectivity index (χ3n) is 6.58. The van der Waals surface area contributed by atoms with E-state index in [4.69, 9.17) is 0 Å². The monoisotopic (exact) mass is 508 g/mol. The van der Waals surface area contributed by atoms with E-state index >= 15 is 0 Å². The molecule has 0 fully saturated rings. The standard InChI is InChI=1S/C30H29FN6O/c1-20-13-25(37(3)35-20)16-29(38)36(2)18-24-14-22(9-11-27(24)31)23-10-12-28-26(15-23)30(34-19-33-28)32-17-21-7-5-4-6-8-21/h4-15,19H,16-18H2,1-3H3,(H,32,33,34). The number of nitrogens with zero attached hydrogens (tertiary/aromatic N) is 5. The van der Waals surface area contributed by atoms with Gasteiger partial charge in [0.25, 0.3) is 0 Å². The number of aromatic nitrogens is 4. The summed E-state index contributed by atoms with van der Waals surface area (Å²) in [7, 11) is 3.51. The van der Waals surface area contributed by atoms with Crippen LogP contribution in [0.5, 0.6) is 0 Å². The minimum atomic E-state index is -0.348. The van der Waals surface area contributed by atoms with E-state index in [0.717, 1.165) is 44.8 Å². The van der Waals surface area contributed by atoms with Crippen molar-refractivity contribution in [3.8, 4) is 11.1 Å². The topological polar surface area (TPSA) is 75.9 Å². The molecule has 192 valence electrons. The van der Waals surface area contributed by atoms with Crippen LogP contribution in [0.4, 0.5) is 10.2 Å². The second-order valence-electron chi connectivity index (χ2n) is 9.43. The number of carbonyl (C=O) groups excluding carboxylic acids is 1. The molecule has 5 aromatic rings. The van der Waals surface area contributed by atoms with Gasteiger partial charge in [-0.05, 0) is 53.9 Å². The van der Waals surface area contributed by atoms with Gasteiger partial charge < -0.3 is 10.2 Å². The first-order chi connectivity index (χ1) is 18.4. The molecule has 3 aromatic carbocycles. The molecule has 2 aromatic heterocycles. The highest BCUT2D eigenvalue weighted by atomic mass is 19.1. The lowest BCUT2D eigenvalue weighted by atomic mass is 10.0. The zero-order valence-corrected chi connectivity index (χ0v) is 21.6. The highest BCUT2D eigenvalue weighted by molar-refractivity contribution is 5.92. The molecule has 0 unspecified atom stereocenters. The van der Waals surface area contributed by atoms with Crippen molar-refractivity contribution >= 4 is 22.6 Å². The SMILES string of the molecule is Cc1cc(CC(=O)N(C)Cc2cc(-c3ccc4ncnc(NCc5ccccc5)c4c3)ccc2F)n(C)n1. The molecular formula is C30H29FN6O. The average Bonchev–Trinajstić information content (AvgIpc) is 3.24. The van der Waals surface area contributed by atoms with Crippen LogP contribution >= 0.6 is 0 Å². The van der Waals surface area contributed by atoms with Crippen LogP contribution in [0, 0.1) is 12.7 Å². The molecule has 0 saturated heterocycles. The summed E-state index contributed by atoms with van der Waals surface area (Å²) in [4.78, 5) is 23.2. The second-order valence-corrected chi connectivity index (χ2v) is 9.43. The van der Waals surface area contributed by atoms with Crippen molar-refractivity contribution in [2.75, 3.05) is 12.4 Å². The second kappa shape index (κ2) is 10.8. The molecule has 2 heterocycles. The molecular weight excluding hydrogens is 479 g/mol. The Hall–Kier alpha value is -4.59. The van der Waals surface area contributed by atoms with Gasteiger partial charge in [-0.1, -0.05) is 42.5 Å². The molecule has 1 amide bonds. The minimum absolute atomic E-state index is 0.102. The van der Waals surface area contributed by atoms with Gasteiger partial charge in [0.05, 0.1) is 17.6 Å². The summed E-state index contributed by atoms with van der Waals surface area (Å²) in [5, 5.41) is 8.58. The number of likely N-dealkylation sites (N-methyl/N-ethyl adjacent to an activating group) is 1. The smallest absolute Gasteiger partial charge is 0.228 e. The summed E-state index contributed by atoms with van der Waals surface area (Å²) in [6.07, 6.45) is 1.75. The number of fused-ring (bicyclic) bond motifs is 1. The number of rotatable bonds is 8. The minimum Gasteiger partial charge on any atom is -0.365 e. The van der Waals surface area contributed by atoms with Crippen LogP contribution in [0.2, 0.25) is 0 Å². The highest BCUT2D eigenvalue weighted by Gasteiger charge is 2.16. The van der Waals surface area contributed by atoms with Crippen LogP contribution in [0.3, 0.4) is 0 Å². The first kappa shape index (κ1) is 25.1. The fourth-order valence-corrected chi connectivity index (χ4v) is 4.50. The third kappa shape index (κ3) is 5.54. The summed E-state index contributed by atoms with van der Waals surface area (Å²) in [5.41, 5.74) is 5.86. The molecule has 0 aliphatic rings. The maximum atomic E-state index is 14.8. The number of anilines is 1. The number of hydrogen-bond acceptors (Lipinski definition) is 5. The summed E-state index contributed by atoms with van der Waals surface area (Å²) in [6.45, 7) is 2.69. The molecule has 0 saturated carbocycles.